The molecule has 1 heterocycles. The van der Waals surface area contributed by atoms with E-state index in [-0.39, 0.29) is 16.7 Å². The van der Waals surface area contributed by atoms with E-state index in [1.54, 1.807) is 13.3 Å². The molecule has 0 aromatic carbocycles. The summed E-state index contributed by atoms with van der Waals surface area (Å²) in [6, 6.07) is 0. The number of anilines is 1. The smallest absolute Gasteiger partial charge is 0.287 e. The van der Waals surface area contributed by atoms with Gasteiger partial charge in [0.15, 0.2) is 0 Å². The number of hydrogen-bond acceptors (Lipinski definition) is 4. The van der Waals surface area contributed by atoms with Crippen LogP contribution < -0.4 is 10.9 Å². The highest BCUT2D eigenvalue weighted by molar-refractivity contribution is 6.32. The highest BCUT2D eigenvalue weighted by Gasteiger charge is 2.09. The number of nitrogens with one attached hydrogen (secondary N) is 1. The number of halogens is 1. The number of aromatic nitrogens is 2. The van der Waals surface area contributed by atoms with E-state index in [1.807, 2.05) is 6.92 Å². The van der Waals surface area contributed by atoms with Gasteiger partial charge in [0.25, 0.3) is 5.56 Å². The summed E-state index contributed by atoms with van der Waals surface area (Å²) in [6.07, 6.45) is 3.55. The van der Waals surface area contributed by atoms with Crippen molar-refractivity contribution in [2.45, 2.75) is 39.3 Å². The monoisotopic (exact) mass is 273 g/mol. The second-order valence-corrected chi connectivity index (χ2v) is 4.56. The minimum absolute atomic E-state index is 0.0450. The Bertz CT molecular complexity index is 434. The molecule has 0 aliphatic carbocycles. The molecule has 1 atom stereocenters. The van der Waals surface area contributed by atoms with Crippen LogP contribution in [-0.4, -0.2) is 29.5 Å². The summed E-state index contributed by atoms with van der Waals surface area (Å²) in [5.74, 6) is 0. The molecule has 0 aliphatic heterocycles. The van der Waals surface area contributed by atoms with Crippen LogP contribution in [0.25, 0.3) is 0 Å². The molecule has 0 bridgehead atoms. The van der Waals surface area contributed by atoms with Crippen LogP contribution in [0.2, 0.25) is 5.02 Å². The van der Waals surface area contributed by atoms with E-state index in [1.165, 1.54) is 4.68 Å². The molecule has 0 spiro atoms. The van der Waals surface area contributed by atoms with Crippen LogP contribution >= 0.6 is 11.6 Å². The molecule has 1 N–H and O–H groups in total. The average molecular weight is 274 g/mol. The number of rotatable bonds is 7. The van der Waals surface area contributed by atoms with Crippen molar-refractivity contribution in [3.8, 4) is 0 Å². The van der Waals surface area contributed by atoms with E-state index in [4.69, 9.17) is 16.3 Å². The molecular formula is C12H20ClN3O2. The fourth-order valence-electron chi connectivity index (χ4n) is 1.39. The van der Waals surface area contributed by atoms with E-state index in [0.717, 1.165) is 12.8 Å². The van der Waals surface area contributed by atoms with Gasteiger partial charge in [-0.05, 0) is 13.3 Å². The largest absolute Gasteiger partial charge is 0.380 e. The fraction of sp³-hybridized carbons (Fsp3) is 0.667. The summed E-state index contributed by atoms with van der Waals surface area (Å²) in [4.78, 5) is 11.9. The van der Waals surface area contributed by atoms with Crippen molar-refractivity contribution >= 4 is 17.3 Å². The maximum Gasteiger partial charge on any atom is 0.287 e. The van der Waals surface area contributed by atoms with Gasteiger partial charge in [0.2, 0.25) is 0 Å². The first-order chi connectivity index (χ1) is 8.60. The summed E-state index contributed by atoms with van der Waals surface area (Å²) in [7, 11) is 1.63. The normalized spacial score (nSPS) is 12.4. The zero-order valence-electron chi connectivity index (χ0n) is 11.1. The van der Waals surface area contributed by atoms with Gasteiger partial charge in [0, 0.05) is 20.2 Å². The quantitative estimate of drug-likeness (QED) is 0.827. The Hall–Kier alpha value is -1.07. The Balaban J connectivity index is 2.77. The van der Waals surface area contributed by atoms with Crippen LogP contribution in [0.5, 0.6) is 0 Å². The topological polar surface area (TPSA) is 56.1 Å². The minimum Gasteiger partial charge on any atom is -0.380 e. The predicted molar refractivity (Wildman–Crippen MR) is 73.4 cm³/mol. The molecule has 0 fully saturated rings. The van der Waals surface area contributed by atoms with E-state index < -0.39 is 0 Å². The van der Waals surface area contributed by atoms with E-state index in [9.17, 15) is 4.79 Å². The highest BCUT2D eigenvalue weighted by Crippen LogP contribution is 2.15. The molecule has 5 nitrogen and oxygen atoms in total. The van der Waals surface area contributed by atoms with Crippen molar-refractivity contribution in [1.29, 1.82) is 0 Å². The van der Waals surface area contributed by atoms with Crippen molar-refractivity contribution < 1.29 is 4.74 Å². The molecule has 18 heavy (non-hydrogen) atoms. The highest BCUT2D eigenvalue weighted by atomic mass is 35.5. The van der Waals surface area contributed by atoms with Gasteiger partial charge < -0.3 is 10.1 Å². The van der Waals surface area contributed by atoms with E-state index in [0.29, 0.717) is 18.8 Å². The summed E-state index contributed by atoms with van der Waals surface area (Å²) >= 11 is 6.03. The first-order valence-corrected chi connectivity index (χ1v) is 6.50. The zero-order valence-corrected chi connectivity index (χ0v) is 11.8. The maximum atomic E-state index is 11.9. The molecule has 1 aromatic heterocycles. The van der Waals surface area contributed by atoms with Gasteiger partial charge in [-0.1, -0.05) is 24.9 Å². The summed E-state index contributed by atoms with van der Waals surface area (Å²) in [5, 5.41) is 7.34. The fourth-order valence-corrected chi connectivity index (χ4v) is 1.61. The summed E-state index contributed by atoms with van der Waals surface area (Å²) < 4.78 is 6.51. The van der Waals surface area contributed by atoms with Crippen LogP contribution in [0.4, 0.5) is 5.69 Å². The molecule has 0 amide bonds. The lowest BCUT2D eigenvalue weighted by Gasteiger charge is -2.13. The third-order valence-electron chi connectivity index (χ3n) is 2.69. The lowest BCUT2D eigenvalue weighted by Crippen LogP contribution is -2.26. The second kappa shape index (κ2) is 7.38. The van der Waals surface area contributed by atoms with Crippen molar-refractivity contribution in [3.63, 3.8) is 0 Å². The van der Waals surface area contributed by atoms with Crippen molar-refractivity contribution in [2.75, 3.05) is 19.0 Å². The Labute approximate surface area is 112 Å². The number of unbranched alkanes of at least 4 members (excludes halogenated alkanes) is 1. The number of hydrogen-bond donors (Lipinski definition) is 1. The van der Waals surface area contributed by atoms with Gasteiger partial charge in [-0.15, -0.1) is 0 Å². The number of methoxy groups -OCH3 is 1. The lowest BCUT2D eigenvalue weighted by molar-refractivity contribution is 0.129. The number of ether oxygens (including phenoxy) is 1. The molecule has 1 aromatic rings. The third kappa shape index (κ3) is 3.99. The standard InChI is InChI=1S/C12H20ClN3O2/c1-4-5-6-16-12(17)11(13)10(8-15-16)14-7-9(2)18-3/h8-9,14H,4-7H2,1-3H3. The first-order valence-electron chi connectivity index (χ1n) is 6.12. The SMILES string of the molecule is CCCCn1ncc(NCC(C)OC)c(Cl)c1=O. The molecule has 0 radical (unpaired) electrons. The van der Waals surface area contributed by atoms with Crippen LogP contribution in [0, 0.1) is 0 Å². The van der Waals surface area contributed by atoms with Crippen molar-refractivity contribution in [1.82, 2.24) is 9.78 Å². The molecule has 1 rings (SSSR count). The van der Waals surface area contributed by atoms with Crippen LogP contribution in [-0.2, 0) is 11.3 Å². The van der Waals surface area contributed by atoms with E-state index >= 15 is 0 Å². The van der Waals surface area contributed by atoms with E-state index in [2.05, 4.69) is 17.3 Å². The molecule has 102 valence electrons. The van der Waals surface area contributed by atoms with Crippen molar-refractivity contribution in [2.24, 2.45) is 0 Å². The molecule has 0 saturated carbocycles. The molecule has 0 aliphatic rings. The Morgan fingerprint density at radius 3 is 2.94 bits per heavy atom. The van der Waals surface area contributed by atoms with Gasteiger partial charge in [0.05, 0.1) is 18.0 Å². The zero-order chi connectivity index (χ0) is 13.5. The summed E-state index contributed by atoms with van der Waals surface area (Å²) in [5.41, 5.74) is 0.304. The predicted octanol–water partition coefficient (Wildman–Crippen LogP) is 2.14. The van der Waals surface area contributed by atoms with Crippen LogP contribution in [0.3, 0.4) is 0 Å². The molecule has 1 unspecified atom stereocenters. The van der Waals surface area contributed by atoms with Gasteiger partial charge in [-0.2, -0.15) is 5.10 Å². The van der Waals surface area contributed by atoms with Gasteiger partial charge in [-0.25, -0.2) is 4.68 Å². The number of nitrogens with zero attached hydrogens (tertiary/aromatic N) is 2. The van der Waals surface area contributed by atoms with Gasteiger partial charge in [0.1, 0.15) is 5.02 Å². The Kier molecular flexibility index (Phi) is 6.15. The minimum atomic E-state index is -0.250. The average Bonchev–Trinajstić information content (AvgIpc) is 2.39. The summed E-state index contributed by atoms with van der Waals surface area (Å²) in [6.45, 7) is 5.17. The third-order valence-corrected chi connectivity index (χ3v) is 3.06. The van der Waals surface area contributed by atoms with Crippen molar-refractivity contribution in [3.05, 3.63) is 21.6 Å². The number of aryl methyl sites for hydroxylation is 1. The first kappa shape index (κ1) is 15.0. The molecular weight excluding hydrogens is 254 g/mol. The molecule has 0 saturated heterocycles. The maximum absolute atomic E-state index is 11.9. The van der Waals surface area contributed by atoms with Gasteiger partial charge in [-0.3, -0.25) is 4.79 Å². The van der Waals surface area contributed by atoms with Gasteiger partial charge >= 0.3 is 0 Å². The Morgan fingerprint density at radius 1 is 1.61 bits per heavy atom. The van der Waals surface area contributed by atoms with Crippen LogP contribution in [0.15, 0.2) is 11.0 Å². The Morgan fingerprint density at radius 2 is 2.33 bits per heavy atom. The van der Waals surface area contributed by atoms with Crippen LogP contribution in [0.1, 0.15) is 26.7 Å². The second-order valence-electron chi connectivity index (χ2n) is 4.18. The molecule has 6 heteroatoms. The lowest BCUT2D eigenvalue weighted by atomic mass is 10.3.